The highest BCUT2D eigenvalue weighted by molar-refractivity contribution is 7.89. The molecule has 0 bridgehead atoms. The second-order valence-electron chi connectivity index (χ2n) is 6.15. The van der Waals surface area contributed by atoms with Gasteiger partial charge in [0.15, 0.2) is 5.03 Å². The molecule has 3 rings (SSSR count). The Balaban J connectivity index is 1.67. The van der Waals surface area contributed by atoms with E-state index < -0.39 is 37.1 Å². The van der Waals surface area contributed by atoms with Crippen LogP contribution in [0.25, 0.3) is 0 Å². The van der Waals surface area contributed by atoms with E-state index >= 15 is 0 Å². The van der Waals surface area contributed by atoms with Crippen molar-refractivity contribution in [1.82, 2.24) is 19.2 Å². The van der Waals surface area contributed by atoms with Gasteiger partial charge in [-0.1, -0.05) is 0 Å². The summed E-state index contributed by atoms with van der Waals surface area (Å²) in [6, 6.07) is 5.25. The molecule has 0 amide bonds. The van der Waals surface area contributed by atoms with Gasteiger partial charge in [-0.25, -0.2) is 26.4 Å². The number of ether oxygens (including phenoxy) is 2. The predicted molar refractivity (Wildman–Crippen MR) is 100 cm³/mol. The van der Waals surface area contributed by atoms with Gasteiger partial charge in [0.05, 0.1) is 24.8 Å². The van der Waals surface area contributed by atoms with E-state index in [9.17, 15) is 21.6 Å². The summed E-state index contributed by atoms with van der Waals surface area (Å²) < 4.78 is 63.6. The van der Waals surface area contributed by atoms with Crippen LogP contribution in [0.2, 0.25) is 0 Å². The normalized spacial score (nSPS) is 15.7. The molecule has 1 aliphatic heterocycles. The predicted octanol–water partition coefficient (Wildman–Crippen LogP) is -0.0536. The van der Waals surface area contributed by atoms with Gasteiger partial charge >= 0.3 is 5.97 Å². The number of benzene rings is 1. The number of hydrogen-bond donors (Lipinski definition) is 2. The fourth-order valence-electron chi connectivity index (χ4n) is 2.72. The van der Waals surface area contributed by atoms with Crippen molar-refractivity contribution < 1.29 is 31.1 Å². The lowest BCUT2D eigenvalue weighted by Crippen LogP contribution is -2.60. The molecule has 0 unspecified atom stereocenters. The molecule has 158 valence electrons. The average molecular weight is 444 g/mol. The van der Waals surface area contributed by atoms with E-state index in [1.165, 1.54) is 31.4 Å². The zero-order valence-corrected chi connectivity index (χ0v) is 17.3. The lowest BCUT2D eigenvalue weighted by molar-refractivity contribution is 0.0521. The van der Waals surface area contributed by atoms with Crippen LogP contribution < -0.4 is 9.46 Å². The Hall–Kier alpha value is -2.48. The Kier molecular flexibility index (Phi) is 5.93. The molecule has 0 atom stereocenters. The molecule has 0 aliphatic carbocycles. The highest BCUT2D eigenvalue weighted by atomic mass is 32.2. The smallest absolute Gasteiger partial charge is 0.342 e. The Labute approximate surface area is 168 Å². The maximum atomic E-state index is 12.6. The molecular weight excluding hydrogens is 424 g/mol. The number of nitrogens with one attached hydrogen (secondary N) is 2. The largest absolute Gasteiger partial charge is 0.497 e. The van der Waals surface area contributed by atoms with Gasteiger partial charge in [-0.2, -0.15) is 9.40 Å². The molecule has 29 heavy (non-hydrogen) atoms. The van der Waals surface area contributed by atoms with E-state index in [-0.39, 0.29) is 30.2 Å². The molecule has 1 fully saturated rings. The quantitative estimate of drug-likeness (QED) is 0.538. The van der Waals surface area contributed by atoms with Gasteiger partial charge in [0.25, 0.3) is 10.0 Å². The molecule has 1 aromatic heterocycles. The number of carbonyl (C=O) groups is 1. The summed E-state index contributed by atoms with van der Waals surface area (Å²) in [5, 5.41) is 5.44. The highest BCUT2D eigenvalue weighted by Crippen LogP contribution is 2.24. The van der Waals surface area contributed by atoms with Crippen LogP contribution in [0, 0.1) is 0 Å². The first-order chi connectivity index (χ1) is 13.7. The number of methoxy groups -OCH3 is 1. The van der Waals surface area contributed by atoms with Gasteiger partial charge < -0.3 is 9.47 Å². The minimum absolute atomic E-state index is 0.0452. The molecule has 0 spiro atoms. The molecular formula is C16H20N4O7S2. The fraction of sp³-hybridized carbons (Fsp3) is 0.375. The lowest BCUT2D eigenvalue weighted by Gasteiger charge is -2.38. The van der Waals surface area contributed by atoms with Gasteiger partial charge in [-0.3, -0.25) is 5.10 Å². The van der Waals surface area contributed by atoms with Crippen LogP contribution in [0.1, 0.15) is 17.3 Å². The summed E-state index contributed by atoms with van der Waals surface area (Å²) >= 11 is 0. The zero-order chi connectivity index (χ0) is 21.2. The first-order valence-corrected chi connectivity index (χ1v) is 11.5. The minimum atomic E-state index is -4.12. The fourth-order valence-corrected chi connectivity index (χ4v) is 5.55. The number of nitrogens with zero attached hydrogens (tertiary/aromatic N) is 2. The first-order valence-electron chi connectivity index (χ1n) is 8.56. The summed E-state index contributed by atoms with van der Waals surface area (Å²) in [6.45, 7) is 1.58. The monoisotopic (exact) mass is 444 g/mol. The Morgan fingerprint density at radius 2 is 1.90 bits per heavy atom. The molecule has 1 aliphatic rings. The van der Waals surface area contributed by atoms with E-state index in [0.717, 1.165) is 10.5 Å². The van der Waals surface area contributed by atoms with E-state index in [2.05, 4.69) is 14.9 Å². The van der Waals surface area contributed by atoms with Gasteiger partial charge in [-0.05, 0) is 31.2 Å². The maximum Gasteiger partial charge on any atom is 0.342 e. The number of aromatic nitrogens is 2. The summed E-state index contributed by atoms with van der Waals surface area (Å²) in [5.74, 6) is -0.297. The second-order valence-corrected chi connectivity index (χ2v) is 9.74. The molecule has 0 saturated carbocycles. The van der Waals surface area contributed by atoms with Crippen molar-refractivity contribution in [3.05, 3.63) is 36.0 Å². The average Bonchev–Trinajstić information content (AvgIpc) is 3.15. The van der Waals surface area contributed by atoms with E-state index in [4.69, 9.17) is 9.47 Å². The van der Waals surface area contributed by atoms with Crippen molar-refractivity contribution in [2.45, 2.75) is 22.9 Å². The number of sulfonamides is 2. The van der Waals surface area contributed by atoms with Crippen molar-refractivity contribution in [1.29, 1.82) is 0 Å². The van der Waals surface area contributed by atoms with Crippen molar-refractivity contribution >= 4 is 26.0 Å². The molecule has 1 saturated heterocycles. The van der Waals surface area contributed by atoms with Gasteiger partial charge in [0.1, 0.15) is 11.3 Å². The summed E-state index contributed by atoms with van der Waals surface area (Å²) in [6.07, 6.45) is 1.06. The van der Waals surface area contributed by atoms with Crippen molar-refractivity contribution in [3.8, 4) is 5.75 Å². The van der Waals surface area contributed by atoms with Crippen molar-refractivity contribution in [2.75, 3.05) is 26.8 Å². The first kappa shape index (κ1) is 21.2. The van der Waals surface area contributed by atoms with Crippen LogP contribution in [0.15, 0.2) is 40.4 Å². The van der Waals surface area contributed by atoms with Gasteiger partial charge in [0, 0.05) is 19.1 Å². The van der Waals surface area contributed by atoms with Crippen LogP contribution in [0.3, 0.4) is 0 Å². The lowest BCUT2D eigenvalue weighted by atomic mass is 10.2. The standard InChI is InChI=1S/C16H20N4O7S2/c1-3-27-16(21)14-8-17-18-15(14)28(22,23)19-11-9-20(10-11)29(24,25)13-6-4-12(26-2)5-7-13/h4-8,11,19H,3,9-10H2,1-2H3,(H,17,18). The zero-order valence-electron chi connectivity index (χ0n) is 15.7. The van der Waals surface area contributed by atoms with E-state index in [1.807, 2.05) is 0 Å². The summed E-state index contributed by atoms with van der Waals surface area (Å²) in [7, 11) is -6.40. The maximum absolute atomic E-state index is 12.6. The molecule has 0 radical (unpaired) electrons. The Morgan fingerprint density at radius 1 is 1.24 bits per heavy atom. The topological polar surface area (TPSA) is 148 Å². The molecule has 2 heterocycles. The molecule has 11 nitrogen and oxygen atoms in total. The van der Waals surface area contributed by atoms with Crippen LogP contribution in [-0.4, -0.2) is 70.2 Å². The van der Waals surface area contributed by atoms with Crippen molar-refractivity contribution in [3.63, 3.8) is 0 Å². The van der Waals surface area contributed by atoms with Crippen LogP contribution >= 0.6 is 0 Å². The van der Waals surface area contributed by atoms with Gasteiger partial charge in [-0.15, -0.1) is 0 Å². The SMILES string of the molecule is CCOC(=O)c1cn[nH]c1S(=O)(=O)NC1CN(S(=O)(=O)c2ccc(OC)cc2)C1. The third-order valence-corrected chi connectivity index (χ3v) is 7.57. The van der Waals surface area contributed by atoms with Gasteiger partial charge in [0.2, 0.25) is 10.0 Å². The second kappa shape index (κ2) is 8.10. The summed E-state index contributed by atoms with van der Waals surface area (Å²) in [5.41, 5.74) is -0.221. The number of aromatic amines is 1. The van der Waals surface area contributed by atoms with Crippen molar-refractivity contribution in [2.24, 2.45) is 0 Å². The summed E-state index contributed by atoms with van der Waals surface area (Å²) in [4.78, 5) is 11.9. The highest BCUT2D eigenvalue weighted by Gasteiger charge is 2.40. The number of H-pyrrole nitrogens is 1. The third-order valence-electron chi connectivity index (χ3n) is 4.24. The Bertz CT molecular complexity index is 1090. The van der Waals surface area contributed by atoms with Crippen LogP contribution in [0.5, 0.6) is 5.75 Å². The molecule has 2 aromatic rings. The van der Waals surface area contributed by atoms with Crippen LogP contribution in [0.4, 0.5) is 0 Å². The van der Waals surface area contributed by atoms with E-state index in [1.54, 1.807) is 6.92 Å². The number of esters is 1. The number of hydrogen-bond acceptors (Lipinski definition) is 8. The number of rotatable bonds is 8. The molecule has 1 aromatic carbocycles. The minimum Gasteiger partial charge on any atom is -0.497 e. The number of carbonyl (C=O) groups excluding carboxylic acids is 1. The van der Waals surface area contributed by atoms with Crippen LogP contribution in [-0.2, 0) is 24.8 Å². The van der Waals surface area contributed by atoms with E-state index in [0.29, 0.717) is 5.75 Å². The third kappa shape index (κ3) is 4.27. The molecule has 13 heteroatoms. The Morgan fingerprint density at radius 3 is 2.48 bits per heavy atom. The molecule has 2 N–H and O–H groups in total.